The molecule has 1 heterocycles. The van der Waals surface area contributed by atoms with Crippen molar-refractivity contribution in [3.63, 3.8) is 0 Å². The third-order valence-electron chi connectivity index (χ3n) is 5.72. The zero-order valence-electron chi connectivity index (χ0n) is 20.8. The highest BCUT2D eigenvalue weighted by atomic mass is 35.5. The Balaban J connectivity index is 1.73. The Hall–Kier alpha value is -3.78. The predicted octanol–water partition coefficient (Wildman–Crippen LogP) is 7.02. The first-order valence-electron chi connectivity index (χ1n) is 11.9. The highest BCUT2D eigenvalue weighted by Gasteiger charge is 2.37. The molecule has 0 aliphatic carbocycles. The maximum atomic E-state index is 13.3. The van der Waals surface area contributed by atoms with Crippen LogP contribution in [0.5, 0.6) is 11.5 Å². The molecule has 3 aromatic carbocycles. The van der Waals surface area contributed by atoms with Gasteiger partial charge in [0.1, 0.15) is 12.2 Å². The number of amides is 4. The number of imide groups is 2. The van der Waals surface area contributed by atoms with Crippen LogP contribution in [0.4, 0.5) is 10.5 Å². The molecule has 1 N–H and O–H groups in total. The number of hydrogen-bond acceptors (Lipinski definition) is 5. The average Bonchev–Trinajstić information content (AvgIpc) is 2.89. The summed E-state index contributed by atoms with van der Waals surface area (Å²) in [7, 11) is 0. The van der Waals surface area contributed by atoms with Gasteiger partial charge in [-0.2, -0.15) is 0 Å². The summed E-state index contributed by atoms with van der Waals surface area (Å²) in [6, 6.07) is 14.2. The molecule has 39 heavy (non-hydrogen) atoms. The van der Waals surface area contributed by atoms with Crippen molar-refractivity contribution in [3.8, 4) is 11.5 Å². The Kier molecular flexibility index (Phi) is 8.97. The standard InChI is InChI=1S/C29H23Cl3N2O5/c1-3-7-18-12-17(14-25(38-4-2)26(18)39-16-19-8-5-6-9-22(19)30)13-21-27(35)33-29(37)34(28(21)36)20-10-11-23(31)24(32)15-20/h3,5-6,8-15H,1,4,7,16H2,2H3,(H,33,35,37)/b21-13+. The Bertz CT molecular complexity index is 1500. The van der Waals surface area contributed by atoms with E-state index in [2.05, 4.69) is 11.9 Å². The van der Waals surface area contributed by atoms with Crippen molar-refractivity contribution >= 4 is 64.4 Å². The van der Waals surface area contributed by atoms with E-state index in [-0.39, 0.29) is 27.9 Å². The zero-order chi connectivity index (χ0) is 28.1. The molecule has 0 unspecified atom stereocenters. The van der Waals surface area contributed by atoms with Crippen molar-refractivity contribution in [1.82, 2.24) is 5.32 Å². The van der Waals surface area contributed by atoms with Crippen molar-refractivity contribution in [1.29, 1.82) is 0 Å². The molecule has 1 saturated heterocycles. The van der Waals surface area contributed by atoms with Gasteiger partial charge in [-0.3, -0.25) is 14.9 Å². The monoisotopic (exact) mass is 584 g/mol. The van der Waals surface area contributed by atoms with Crippen LogP contribution in [0.3, 0.4) is 0 Å². The van der Waals surface area contributed by atoms with Gasteiger partial charge in [-0.25, -0.2) is 9.69 Å². The van der Waals surface area contributed by atoms with Crippen LogP contribution >= 0.6 is 34.8 Å². The third kappa shape index (κ3) is 6.28. The van der Waals surface area contributed by atoms with Crippen molar-refractivity contribution in [2.75, 3.05) is 11.5 Å². The molecule has 0 bridgehead atoms. The number of nitrogens with one attached hydrogen (secondary N) is 1. The summed E-state index contributed by atoms with van der Waals surface area (Å²) in [5, 5.41) is 3.18. The summed E-state index contributed by atoms with van der Waals surface area (Å²) < 4.78 is 12.0. The lowest BCUT2D eigenvalue weighted by Crippen LogP contribution is -2.54. The van der Waals surface area contributed by atoms with E-state index >= 15 is 0 Å². The van der Waals surface area contributed by atoms with Crippen LogP contribution in [-0.2, 0) is 22.6 Å². The first kappa shape index (κ1) is 28.2. The van der Waals surface area contributed by atoms with Crippen LogP contribution in [0.2, 0.25) is 15.1 Å². The number of rotatable bonds is 9. The van der Waals surface area contributed by atoms with E-state index in [1.165, 1.54) is 24.3 Å². The van der Waals surface area contributed by atoms with Crippen molar-refractivity contribution < 1.29 is 23.9 Å². The van der Waals surface area contributed by atoms with Gasteiger partial charge < -0.3 is 9.47 Å². The fraction of sp³-hybridized carbons (Fsp3) is 0.138. The fourth-order valence-electron chi connectivity index (χ4n) is 3.95. The maximum absolute atomic E-state index is 13.3. The molecule has 0 atom stereocenters. The molecule has 4 amide bonds. The molecule has 1 aliphatic heterocycles. The van der Waals surface area contributed by atoms with E-state index in [4.69, 9.17) is 44.3 Å². The molecule has 1 aliphatic rings. The minimum absolute atomic E-state index is 0.153. The number of halogens is 3. The fourth-order valence-corrected chi connectivity index (χ4v) is 4.43. The molecular formula is C29H23Cl3N2O5. The topological polar surface area (TPSA) is 84.9 Å². The second-order valence-corrected chi connectivity index (χ2v) is 9.59. The smallest absolute Gasteiger partial charge is 0.335 e. The van der Waals surface area contributed by atoms with Crippen LogP contribution in [-0.4, -0.2) is 24.5 Å². The minimum Gasteiger partial charge on any atom is -0.490 e. The van der Waals surface area contributed by atoms with Crippen LogP contribution in [0.1, 0.15) is 23.6 Å². The summed E-state index contributed by atoms with van der Waals surface area (Å²) in [4.78, 5) is 39.4. The number of allylic oxidation sites excluding steroid dienone is 1. The van der Waals surface area contributed by atoms with E-state index < -0.39 is 17.8 Å². The minimum atomic E-state index is -0.897. The lowest BCUT2D eigenvalue weighted by atomic mass is 10.0. The first-order valence-corrected chi connectivity index (χ1v) is 13.0. The van der Waals surface area contributed by atoms with Crippen LogP contribution in [0.25, 0.3) is 6.08 Å². The molecule has 0 saturated carbocycles. The molecule has 200 valence electrons. The summed E-state index contributed by atoms with van der Waals surface area (Å²) >= 11 is 18.3. The van der Waals surface area contributed by atoms with Gasteiger partial charge >= 0.3 is 6.03 Å². The molecule has 10 heteroatoms. The molecule has 7 nitrogen and oxygen atoms in total. The Morgan fingerprint density at radius 1 is 0.923 bits per heavy atom. The molecule has 3 aromatic rings. The average molecular weight is 586 g/mol. The number of nitrogens with zero attached hydrogens (tertiary/aromatic N) is 1. The summed E-state index contributed by atoms with van der Waals surface area (Å²) in [5.41, 5.74) is 1.92. The number of barbiturate groups is 1. The van der Waals surface area contributed by atoms with Crippen LogP contribution in [0.15, 0.2) is 72.8 Å². The van der Waals surface area contributed by atoms with Gasteiger partial charge in [0.15, 0.2) is 11.5 Å². The van der Waals surface area contributed by atoms with E-state index in [0.717, 1.165) is 16.0 Å². The lowest BCUT2D eigenvalue weighted by molar-refractivity contribution is -0.122. The molecule has 4 rings (SSSR count). The Labute approximate surface area is 240 Å². The SMILES string of the molecule is C=CCc1cc(/C=C2\C(=O)NC(=O)N(c3ccc(Cl)c(Cl)c3)C2=O)cc(OCC)c1OCc1ccccc1Cl. The van der Waals surface area contributed by atoms with E-state index in [1.807, 2.05) is 25.1 Å². The third-order valence-corrected chi connectivity index (χ3v) is 6.83. The quantitative estimate of drug-likeness (QED) is 0.166. The number of urea groups is 1. The van der Waals surface area contributed by atoms with Gasteiger partial charge in [-0.05, 0) is 61.4 Å². The molecule has 1 fully saturated rings. The van der Waals surface area contributed by atoms with Gasteiger partial charge in [-0.1, -0.05) is 59.1 Å². The van der Waals surface area contributed by atoms with Crippen LogP contribution in [0, 0.1) is 0 Å². The zero-order valence-corrected chi connectivity index (χ0v) is 23.1. The predicted molar refractivity (Wildman–Crippen MR) is 153 cm³/mol. The van der Waals surface area contributed by atoms with Crippen molar-refractivity contribution in [3.05, 3.63) is 105 Å². The van der Waals surface area contributed by atoms with Gasteiger partial charge in [0.05, 0.1) is 22.3 Å². The first-order chi connectivity index (χ1) is 18.7. The number of anilines is 1. The number of hydrogen-bond donors (Lipinski definition) is 1. The summed E-state index contributed by atoms with van der Waals surface area (Å²) in [5.74, 6) is -0.740. The highest BCUT2D eigenvalue weighted by Crippen LogP contribution is 2.36. The van der Waals surface area contributed by atoms with Crippen molar-refractivity contribution in [2.45, 2.75) is 20.0 Å². The van der Waals surface area contributed by atoms with Crippen LogP contribution < -0.4 is 19.7 Å². The van der Waals surface area contributed by atoms with E-state index in [9.17, 15) is 14.4 Å². The molecular weight excluding hydrogens is 563 g/mol. The number of benzene rings is 3. The Morgan fingerprint density at radius 2 is 1.69 bits per heavy atom. The summed E-state index contributed by atoms with van der Waals surface area (Å²) in [6.07, 6.45) is 3.51. The largest absolute Gasteiger partial charge is 0.490 e. The Morgan fingerprint density at radius 3 is 2.38 bits per heavy atom. The van der Waals surface area contributed by atoms with Gasteiger partial charge in [0.25, 0.3) is 11.8 Å². The maximum Gasteiger partial charge on any atom is 0.335 e. The molecule has 0 aromatic heterocycles. The van der Waals surface area contributed by atoms with E-state index in [0.29, 0.717) is 35.1 Å². The van der Waals surface area contributed by atoms with Gasteiger partial charge in [0, 0.05) is 16.1 Å². The normalized spacial score (nSPS) is 14.4. The van der Waals surface area contributed by atoms with E-state index in [1.54, 1.807) is 24.3 Å². The number of carbonyl (C=O) groups is 3. The second kappa shape index (κ2) is 12.4. The molecule has 0 radical (unpaired) electrons. The highest BCUT2D eigenvalue weighted by molar-refractivity contribution is 6.43. The van der Waals surface area contributed by atoms with Crippen molar-refractivity contribution in [2.24, 2.45) is 0 Å². The van der Waals surface area contributed by atoms with Gasteiger partial charge in [0.2, 0.25) is 0 Å². The summed E-state index contributed by atoms with van der Waals surface area (Å²) in [6.45, 7) is 6.20. The molecule has 0 spiro atoms. The number of carbonyl (C=O) groups excluding carboxylic acids is 3. The number of ether oxygens (including phenoxy) is 2. The second-order valence-electron chi connectivity index (χ2n) is 8.37. The lowest BCUT2D eigenvalue weighted by Gasteiger charge is -2.26. The van der Waals surface area contributed by atoms with Gasteiger partial charge in [-0.15, -0.1) is 6.58 Å².